The summed E-state index contributed by atoms with van der Waals surface area (Å²) in [6.45, 7) is 6.71. The fourth-order valence-corrected chi connectivity index (χ4v) is 2.35. The number of hydrogen-bond acceptors (Lipinski definition) is 4. The third-order valence-corrected chi connectivity index (χ3v) is 4.57. The molecule has 2 aromatic rings. The molecule has 0 radical (unpaired) electrons. The molecule has 0 spiro atoms. The van der Waals surface area contributed by atoms with E-state index in [1.54, 1.807) is 6.07 Å². The number of nitrogens with two attached hydrogens (primary N) is 1. The van der Waals surface area contributed by atoms with Gasteiger partial charge in [0.1, 0.15) is 6.61 Å². The Morgan fingerprint density at radius 1 is 1.04 bits per heavy atom. The van der Waals surface area contributed by atoms with Crippen molar-refractivity contribution in [2.45, 2.75) is 32.9 Å². The standard InChI is InChI=1S/C21H28N2O3/c1-16(2)21(3,15-22)23-20(24)14-26-19-12-8-7-11-18(19)25-13-17-9-5-4-6-10-17/h4-12,16H,13-15,22H2,1-3H3,(H,23,24). The maximum absolute atomic E-state index is 12.3. The number of benzene rings is 2. The first-order chi connectivity index (χ1) is 12.4. The molecule has 0 fully saturated rings. The zero-order valence-electron chi connectivity index (χ0n) is 15.7. The smallest absolute Gasteiger partial charge is 0.258 e. The lowest BCUT2D eigenvalue weighted by Gasteiger charge is -2.33. The van der Waals surface area contributed by atoms with Gasteiger partial charge in [0, 0.05) is 6.54 Å². The minimum absolute atomic E-state index is 0.0893. The van der Waals surface area contributed by atoms with Crippen molar-refractivity contribution >= 4 is 5.91 Å². The van der Waals surface area contributed by atoms with Gasteiger partial charge in [-0.2, -0.15) is 0 Å². The molecule has 5 nitrogen and oxygen atoms in total. The monoisotopic (exact) mass is 356 g/mol. The van der Waals surface area contributed by atoms with Gasteiger partial charge < -0.3 is 20.5 Å². The van der Waals surface area contributed by atoms with Gasteiger partial charge in [0.15, 0.2) is 18.1 Å². The van der Waals surface area contributed by atoms with Gasteiger partial charge >= 0.3 is 0 Å². The Kier molecular flexibility index (Phi) is 7.04. The Hall–Kier alpha value is -2.53. The molecule has 5 heteroatoms. The van der Waals surface area contributed by atoms with Crippen LogP contribution in [0.4, 0.5) is 0 Å². The number of rotatable bonds is 9. The van der Waals surface area contributed by atoms with Crippen LogP contribution in [0.5, 0.6) is 11.5 Å². The van der Waals surface area contributed by atoms with Crippen LogP contribution in [0.1, 0.15) is 26.3 Å². The number of amides is 1. The van der Waals surface area contributed by atoms with Crippen molar-refractivity contribution in [2.24, 2.45) is 11.7 Å². The van der Waals surface area contributed by atoms with Crippen molar-refractivity contribution < 1.29 is 14.3 Å². The van der Waals surface area contributed by atoms with E-state index < -0.39 is 5.54 Å². The van der Waals surface area contributed by atoms with Crippen LogP contribution in [0.15, 0.2) is 54.6 Å². The average molecular weight is 356 g/mol. The highest BCUT2D eigenvalue weighted by atomic mass is 16.5. The number of carbonyl (C=O) groups is 1. The van der Waals surface area contributed by atoms with Gasteiger partial charge in [0.25, 0.3) is 5.91 Å². The summed E-state index contributed by atoms with van der Waals surface area (Å²) in [7, 11) is 0. The topological polar surface area (TPSA) is 73.6 Å². The van der Waals surface area contributed by atoms with E-state index in [1.807, 2.05) is 69.3 Å². The summed E-state index contributed by atoms with van der Waals surface area (Å²) in [6.07, 6.45) is 0. The quantitative estimate of drug-likeness (QED) is 0.724. The minimum Gasteiger partial charge on any atom is -0.485 e. The maximum atomic E-state index is 12.3. The zero-order chi connectivity index (χ0) is 19.0. The van der Waals surface area contributed by atoms with Gasteiger partial charge in [0.05, 0.1) is 5.54 Å². The van der Waals surface area contributed by atoms with Crippen LogP contribution in [0.2, 0.25) is 0 Å². The van der Waals surface area contributed by atoms with Gasteiger partial charge in [-0.1, -0.05) is 56.3 Å². The minimum atomic E-state index is -0.455. The zero-order valence-corrected chi connectivity index (χ0v) is 15.7. The van der Waals surface area contributed by atoms with Crippen LogP contribution in [0.3, 0.4) is 0 Å². The van der Waals surface area contributed by atoms with Crippen LogP contribution in [-0.4, -0.2) is 24.6 Å². The molecule has 0 aliphatic rings. The molecule has 0 bridgehead atoms. The summed E-state index contributed by atoms with van der Waals surface area (Å²) >= 11 is 0. The number of carbonyl (C=O) groups excluding carboxylic acids is 1. The normalized spacial score (nSPS) is 13.1. The number of nitrogens with one attached hydrogen (secondary N) is 1. The molecule has 26 heavy (non-hydrogen) atoms. The molecule has 3 N–H and O–H groups in total. The van der Waals surface area contributed by atoms with E-state index in [-0.39, 0.29) is 18.4 Å². The van der Waals surface area contributed by atoms with E-state index in [2.05, 4.69) is 5.32 Å². The molecule has 0 aliphatic heterocycles. The second-order valence-corrected chi connectivity index (χ2v) is 6.83. The first kappa shape index (κ1) is 19.8. The predicted molar refractivity (Wildman–Crippen MR) is 103 cm³/mol. The van der Waals surface area contributed by atoms with E-state index in [0.29, 0.717) is 24.7 Å². The maximum Gasteiger partial charge on any atom is 0.258 e. The van der Waals surface area contributed by atoms with Crippen molar-refractivity contribution in [2.75, 3.05) is 13.2 Å². The van der Waals surface area contributed by atoms with Crippen LogP contribution in [0.25, 0.3) is 0 Å². The van der Waals surface area contributed by atoms with Crippen molar-refractivity contribution in [1.29, 1.82) is 0 Å². The van der Waals surface area contributed by atoms with E-state index >= 15 is 0 Å². The fraction of sp³-hybridized carbons (Fsp3) is 0.381. The molecule has 0 saturated heterocycles. The summed E-state index contributed by atoms with van der Waals surface area (Å²) in [5.74, 6) is 1.16. The van der Waals surface area contributed by atoms with Gasteiger partial charge in [-0.05, 0) is 30.5 Å². The molecular weight excluding hydrogens is 328 g/mol. The van der Waals surface area contributed by atoms with E-state index in [4.69, 9.17) is 15.2 Å². The van der Waals surface area contributed by atoms with Crippen LogP contribution >= 0.6 is 0 Å². The Morgan fingerprint density at radius 2 is 1.62 bits per heavy atom. The lowest BCUT2D eigenvalue weighted by molar-refractivity contribution is -0.125. The fourth-order valence-electron chi connectivity index (χ4n) is 2.35. The average Bonchev–Trinajstić information content (AvgIpc) is 2.66. The Bertz CT molecular complexity index is 703. The number of hydrogen-bond donors (Lipinski definition) is 2. The van der Waals surface area contributed by atoms with Crippen LogP contribution < -0.4 is 20.5 Å². The van der Waals surface area contributed by atoms with Gasteiger partial charge in [-0.25, -0.2) is 0 Å². The summed E-state index contributed by atoms with van der Waals surface area (Å²) in [4.78, 5) is 12.3. The van der Waals surface area contributed by atoms with Crippen molar-refractivity contribution in [3.05, 3.63) is 60.2 Å². The Morgan fingerprint density at radius 3 is 2.19 bits per heavy atom. The molecule has 0 heterocycles. The predicted octanol–water partition coefficient (Wildman–Crippen LogP) is 3.13. The van der Waals surface area contributed by atoms with Gasteiger partial charge in [-0.3, -0.25) is 4.79 Å². The highest BCUT2D eigenvalue weighted by molar-refractivity contribution is 5.78. The van der Waals surface area contributed by atoms with E-state index in [1.165, 1.54) is 0 Å². The van der Waals surface area contributed by atoms with Crippen LogP contribution in [-0.2, 0) is 11.4 Å². The lowest BCUT2D eigenvalue weighted by Crippen LogP contribution is -2.56. The summed E-state index contributed by atoms with van der Waals surface area (Å²) in [5, 5.41) is 2.96. The third-order valence-electron chi connectivity index (χ3n) is 4.57. The van der Waals surface area contributed by atoms with Crippen molar-refractivity contribution in [3.63, 3.8) is 0 Å². The number of para-hydroxylation sites is 2. The first-order valence-corrected chi connectivity index (χ1v) is 8.84. The molecule has 0 aliphatic carbocycles. The molecule has 0 aromatic heterocycles. The lowest BCUT2D eigenvalue weighted by atomic mass is 9.88. The van der Waals surface area contributed by atoms with Gasteiger partial charge in [0.2, 0.25) is 0 Å². The van der Waals surface area contributed by atoms with Crippen LogP contribution in [0, 0.1) is 5.92 Å². The second-order valence-electron chi connectivity index (χ2n) is 6.83. The molecule has 1 atom stereocenters. The largest absolute Gasteiger partial charge is 0.485 e. The highest BCUT2D eigenvalue weighted by Gasteiger charge is 2.28. The first-order valence-electron chi connectivity index (χ1n) is 8.84. The molecule has 2 aromatic carbocycles. The van der Waals surface area contributed by atoms with Crippen molar-refractivity contribution in [1.82, 2.24) is 5.32 Å². The van der Waals surface area contributed by atoms with Gasteiger partial charge in [-0.15, -0.1) is 0 Å². The second kappa shape index (κ2) is 9.25. The highest BCUT2D eigenvalue weighted by Crippen LogP contribution is 2.27. The molecular formula is C21H28N2O3. The molecule has 2 rings (SSSR count). The summed E-state index contributed by atoms with van der Waals surface area (Å²) < 4.78 is 11.5. The Labute approximate surface area is 155 Å². The van der Waals surface area contributed by atoms with E-state index in [9.17, 15) is 4.79 Å². The summed E-state index contributed by atoms with van der Waals surface area (Å²) in [6, 6.07) is 17.2. The molecule has 1 amide bonds. The Balaban J connectivity index is 1.94. The number of ether oxygens (including phenoxy) is 2. The van der Waals surface area contributed by atoms with E-state index in [0.717, 1.165) is 5.56 Å². The van der Waals surface area contributed by atoms with Crippen molar-refractivity contribution in [3.8, 4) is 11.5 Å². The summed E-state index contributed by atoms with van der Waals surface area (Å²) in [5.41, 5.74) is 6.42. The molecule has 1 unspecified atom stereocenters. The SMILES string of the molecule is CC(C)C(C)(CN)NC(=O)COc1ccccc1OCc1ccccc1. The molecule has 0 saturated carbocycles. The third kappa shape index (κ3) is 5.49. The molecule has 140 valence electrons.